The summed E-state index contributed by atoms with van der Waals surface area (Å²) >= 11 is 0. The van der Waals surface area contributed by atoms with Crippen LogP contribution in [0.1, 0.15) is 39.4 Å². The maximum atomic E-state index is 11.6. The van der Waals surface area contributed by atoms with Gasteiger partial charge in [-0.3, -0.25) is 4.79 Å². The van der Waals surface area contributed by atoms with Gasteiger partial charge >= 0.3 is 0 Å². The van der Waals surface area contributed by atoms with Crippen LogP contribution in [-0.2, 0) is 11.2 Å². The van der Waals surface area contributed by atoms with Gasteiger partial charge in [-0.25, -0.2) is 0 Å². The highest BCUT2D eigenvalue weighted by molar-refractivity contribution is 5.78. The van der Waals surface area contributed by atoms with Gasteiger partial charge in [0, 0.05) is 18.4 Å². The van der Waals surface area contributed by atoms with Gasteiger partial charge in [-0.2, -0.15) is 0 Å². The summed E-state index contributed by atoms with van der Waals surface area (Å²) in [6.45, 7) is 6.01. The number of furan rings is 1. The number of nitrogens with one attached hydrogen (secondary N) is 1. The summed E-state index contributed by atoms with van der Waals surface area (Å²) in [6, 6.07) is 4.05. The number of aryl methyl sites for hydroxylation is 1. The quantitative estimate of drug-likeness (QED) is 0.805. The fourth-order valence-electron chi connectivity index (χ4n) is 1.46. The molecular formula is C13H21NO2. The van der Waals surface area contributed by atoms with Crippen molar-refractivity contribution in [3.8, 4) is 0 Å². The Morgan fingerprint density at radius 3 is 2.81 bits per heavy atom. The number of carbonyl (C=O) groups is 1. The van der Waals surface area contributed by atoms with Crippen LogP contribution in [0.2, 0.25) is 0 Å². The Labute approximate surface area is 97.2 Å². The Morgan fingerprint density at radius 1 is 1.50 bits per heavy atom. The summed E-state index contributed by atoms with van der Waals surface area (Å²) < 4.78 is 5.24. The van der Waals surface area contributed by atoms with E-state index < -0.39 is 0 Å². The molecule has 1 amide bonds. The molecule has 1 aromatic heterocycles. The molecule has 1 rings (SSSR count). The van der Waals surface area contributed by atoms with E-state index in [2.05, 4.69) is 5.32 Å². The molecule has 0 radical (unpaired) electrons. The third-order valence-corrected chi connectivity index (χ3v) is 2.85. The van der Waals surface area contributed by atoms with Crippen LogP contribution < -0.4 is 5.32 Å². The zero-order chi connectivity index (χ0) is 12.0. The first kappa shape index (κ1) is 12.8. The van der Waals surface area contributed by atoms with Crippen molar-refractivity contribution in [2.24, 2.45) is 5.92 Å². The summed E-state index contributed by atoms with van der Waals surface area (Å²) in [7, 11) is 0. The van der Waals surface area contributed by atoms with Crippen LogP contribution in [0.3, 0.4) is 0 Å². The van der Waals surface area contributed by atoms with Crippen LogP contribution in [0.5, 0.6) is 0 Å². The second-order valence-corrected chi connectivity index (χ2v) is 4.34. The van der Waals surface area contributed by atoms with Crippen molar-refractivity contribution in [3.63, 3.8) is 0 Å². The van der Waals surface area contributed by atoms with Crippen LogP contribution in [0.4, 0.5) is 0 Å². The molecule has 3 nitrogen and oxygen atoms in total. The highest BCUT2D eigenvalue weighted by Crippen LogP contribution is 2.07. The molecule has 0 aliphatic rings. The first-order valence-electron chi connectivity index (χ1n) is 5.96. The molecule has 16 heavy (non-hydrogen) atoms. The largest absolute Gasteiger partial charge is 0.469 e. The molecule has 0 bridgehead atoms. The van der Waals surface area contributed by atoms with Crippen molar-refractivity contribution >= 4 is 5.91 Å². The molecule has 0 fully saturated rings. The maximum Gasteiger partial charge on any atom is 0.223 e. The van der Waals surface area contributed by atoms with E-state index in [9.17, 15) is 4.79 Å². The molecule has 0 aliphatic heterocycles. The summed E-state index contributed by atoms with van der Waals surface area (Å²) in [5.41, 5.74) is 0. The predicted molar refractivity (Wildman–Crippen MR) is 64.1 cm³/mol. The summed E-state index contributed by atoms with van der Waals surface area (Å²) in [4.78, 5) is 11.6. The molecule has 1 heterocycles. The summed E-state index contributed by atoms with van der Waals surface area (Å²) in [6.07, 6.45) is 4.35. The first-order chi connectivity index (χ1) is 7.63. The fraction of sp³-hybridized carbons (Fsp3) is 0.615. The highest BCUT2D eigenvalue weighted by atomic mass is 16.3. The van der Waals surface area contributed by atoms with Crippen molar-refractivity contribution < 1.29 is 9.21 Å². The van der Waals surface area contributed by atoms with E-state index in [1.165, 1.54) is 0 Å². The average molecular weight is 223 g/mol. The molecule has 0 spiro atoms. The SMILES string of the molecule is CC[C@@H](C)C(=O)N[C@@H](C)CCc1ccco1. The van der Waals surface area contributed by atoms with Gasteiger partial charge in [0.05, 0.1) is 6.26 Å². The van der Waals surface area contributed by atoms with Gasteiger partial charge in [-0.1, -0.05) is 13.8 Å². The summed E-state index contributed by atoms with van der Waals surface area (Å²) in [5.74, 6) is 1.23. The highest BCUT2D eigenvalue weighted by Gasteiger charge is 2.13. The molecule has 90 valence electrons. The lowest BCUT2D eigenvalue weighted by atomic mass is 10.1. The van der Waals surface area contributed by atoms with Crippen LogP contribution in [0, 0.1) is 5.92 Å². The van der Waals surface area contributed by atoms with E-state index in [0.29, 0.717) is 0 Å². The smallest absolute Gasteiger partial charge is 0.223 e. The lowest BCUT2D eigenvalue weighted by Gasteiger charge is -2.16. The Hall–Kier alpha value is -1.25. The molecule has 1 aromatic rings. The molecular weight excluding hydrogens is 202 g/mol. The van der Waals surface area contributed by atoms with Gasteiger partial charge in [0.25, 0.3) is 0 Å². The minimum atomic E-state index is 0.103. The van der Waals surface area contributed by atoms with Crippen molar-refractivity contribution in [2.45, 2.75) is 46.1 Å². The Balaban J connectivity index is 2.25. The molecule has 0 aromatic carbocycles. The standard InChI is InChI=1S/C13H21NO2/c1-4-10(2)13(15)14-11(3)7-8-12-6-5-9-16-12/h5-6,9-11H,4,7-8H2,1-3H3,(H,14,15)/t10-,11+/m1/s1. The van der Waals surface area contributed by atoms with E-state index in [-0.39, 0.29) is 17.9 Å². The second-order valence-electron chi connectivity index (χ2n) is 4.34. The van der Waals surface area contributed by atoms with Crippen molar-refractivity contribution in [1.29, 1.82) is 0 Å². The van der Waals surface area contributed by atoms with Crippen LogP contribution in [0.25, 0.3) is 0 Å². The molecule has 0 unspecified atom stereocenters. The summed E-state index contributed by atoms with van der Waals surface area (Å²) in [5, 5.41) is 3.01. The number of hydrogen-bond acceptors (Lipinski definition) is 2. The van der Waals surface area contributed by atoms with Crippen LogP contribution in [-0.4, -0.2) is 11.9 Å². The van der Waals surface area contributed by atoms with Crippen molar-refractivity contribution in [2.75, 3.05) is 0 Å². The van der Waals surface area contributed by atoms with Crippen LogP contribution >= 0.6 is 0 Å². The fourth-order valence-corrected chi connectivity index (χ4v) is 1.46. The molecule has 0 aliphatic carbocycles. The van der Waals surface area contributed by atoms with E-state index >= 15 is 0 Å². The van der Waals surface area contributed by atoms with E-state index in [1.807, 2.05) is 32.9 Å². The lowest BCUT2D eigenvalue weighted by molar-refractivity contribution is -0.125. The van der Waals surface area contributed by atoms with Gasteiger partial charge < -0.3 is 9.73 Å². The number of carbonyl (C=O) groups excluding carboxylic acids is 1. The number of hydrogen-bond donors (Lipinski definition) is 1. The Bertz CT molecular complexity index is 306. The average Bonchev–Trinajstić information content (AvgIpc) is 2.78. The van der Waals surface area contributed by atoms with E-state index in [0.717, 1.165) is 25.0 Å². The van der Waals surface area contributed by atoms with E-state index in [1.54, 1.807) is 6.26 Å². The molecule has 2 atom stereocenters. The predicted octanol–water partition coefficient (Wildman–Crippen LogP) is 2.76. The normalized spacial score (nSPS) is 14.4. The molecule has 0 saturated carbocycles. The lowest BCUT2D eigenvalue weighted by Crippen LogP contribution is -2.36. The van der Waals surface area contributed by atoms with Crippen LogP contribution in [0.15, 0.2) is 22.8 Å². The van der Waals surface area contributed by atoms with Crippen molar-refractivity contribution in [1.82, 2.24) is 5.32 Å². The van der Waals surface area contributed by atoms with Gasteiger partial charge in [-0.15, -0.1) is 0 Å². The third kappa shape index (κ3) is 4.09. The number of rotatable bonds is 6. The van der Waals surface area contributed by atoms with E-state index in [4.69, 9.17) is 4.42 Å². The van der Waals surface area contributed by atoms with Gasteiger partial charge in [0.2, 0.25) is 5.91 Å². The zero-order valence-corrected chi connectivity index (χ0v) is 10.3. The van der Waals surface area contributed by atoms with Gasteiger partial charge in [0.1, 0.15) is 5.76 Å². The van der Waals surface area contributed by atoms with Crippen molar-refractivity contribution in [3.05, 3.63) is 24.2 Å². The third-order valence-electron chi connectivity index (χ3n) is 2.85. The zero-order valence-electron chi connectivity index (χ0n) is 10.3. The molecule has 1 N–H and O–H groups in total. The monoisotopic (exact) mass is 223 g/mol. The first-order valence-corrected chi connectivity index (χ1v) is 5.96. The maximum absolute atomic E-state index is 11.6. The molecule has 3 heteroatoms. The minimum Gasteiger partial charge on any atom is -0.469 e. The topological polar surface area (TPSA) is 42.2 Å². The van der Waals surface area contributed by atoms with Gasteiger partial charge in [-0.05, 0) is 31.9 Å². The number of amides is 1. The Morgan fingerprint density at radius 2 is 2.25 bits per heavy atom. The second kappa shape index (κ2) is 6.36. The Kier molecular flexibility index (Phi) is 5.09. The molecule has 0 saturated heterocycles. The minimum absolute atomic E-state index is 0.103. The van der Waals surface area contributed by atoms with Gasteiger partial charge in [0.15, 0.2) is 0 Å².